The van der Waals surface area contributed by atoms with Gasteiger partial charge in [0.25, 0.3) is 5.78 Å². The molecule has 0 radical (unpaired) electrons. The van der Waals surface area contributed by atoms with Crippen LogP contribution in [-0.4, -0.2) is 36.2 Å². The minimum atomic E-state index is -0.956. The molecule has 9 heteroatoms. The number of benzene rings is 2. The molecule has 1 aromatic heterocycles. The molecule has 0 spiro atoms. The molecule has 4 rings (SSSR count). The van der Waals surface area contributed by atoms with E-state index >= 15 is 0 Å². The monoisotopic (exact) mass is 498 g/mol. The first-order valence-electron chi connectivity index (χ1n) is 9.58. The Hall–Kier alpha value is -3.59. The molecule has 1 amide bonds. The van der Waals surface area contributed by atoms with E-state index in [2.05, 4.69) is 21.1 Å². The van der Waals surface area contributed by atoms with Crippen molar-refractivity contribution in [3.63, 3.8) is 0 Å². The van der Waals surface area contributed by atoms with E-state index in [1.165, 1.54) is 19.1 Å². The molecular formula is C23H19BrN2O6. The second-order valence-electron chi connectivity index (χ2n) is 7.09. The zero-order chi connectivity index (χ0) is 23.0. The molecule has 1 unspecified atom stereocenters. The van der Waals surface area contributed by atoms with E-state index in [1.54, 1.807) is 55.5 Å². The first kappa shape index (κ1) is 21.6. The largest absolute Gasteiger partial charge is 0.507 e. The van der Waals surface area contributed by atoms with Gasteiger partial charge in [-0.3, -0.25) is 14.5 Å². The number of carbonyl (C=O) groups is 2. The van der Waals surface area contributed by atoms with Crippen molar-refractivity contribution in [2.45, 2.75) is 13.0 Å². The number of hydrogen-bond acceptors (Lipinski definition) is 7. The smallest absolute Gasteiger partial charge is 0.301 e. The van der Waals surface area contributed by atoms with Gasteiger partial charge in [-0.25, -0.2) is 0 Å². The van der Waals surface area contributed by atoms with E-state index in [1.807, 2.05) is 0 Å². The Morgan fingerprint density at radius 2 is 1.75 bits per heavy atom. The molecule has 1 aliphatic rings. The minimum Gasteiger partial charge on any atom is -0.507 e. The number of ether oxygens (including phenoxy) is 2. The Bertz CT molecular complexity index is 1230. The molecule has 1 fully saturated rings. The fourth-order valence-electron chi connectivity index (χ4n) is 3.64. The molecule has 8 nitrogen and oxygen atoms in total. The highest BCUT2D eigenvalue weighted by molar-refractivity contribution is 9.10. The van der Waals surface area contributed by atoms with Crippen LogP contribution in [0.1, 0.15) is 22.9 Å². The van der Waals surface area contributed by atoms with Gasteiger partial charge in [-0.15, -0.1) is 0 Å². The number of aliphatic hydroxyl groups is 1. The predicted molar refractivity (Wildman–Crippen MR) is 120 cm³/mol. The normalized spacial score (nSPS) is 17.6. The maximum absolute atomic E-state index is 13.1. The quantitative estimate of drug-likeness (QED) is 0.316. The van der Waals surface area contributed by atoms with Gasteiger partial charge < -0.3 is 19.1 Å². The lowest BCUT2D eigenvalue weighted by molar-refractivity contribution is -0.132. The van der Waals surface area contributed by atoms with Crippen LogP contribution in [0.5, 0.6) is 11.5 Å². The van der Waals surface area contributed by atoms with Crippen LogP contribution >= 0.6 is 15.9 Å². The highest BCUT2D eigenvalue weighted by atomic mass is 79.9. The first-order valence-corrected chi connectivity index (χ1v) is 10.4. The molecule has 2 aromatic carbocycles. The van der Waals surface area contributed by atoms with Gasteiger partial charge in [-0.05, 0) is 36.8 Å². The predicted octanol–water partition coefficient (Wildman–Crippen LogP) is 4.39. The Morgan fingerprint density at radius 3 is 2.34 bits per heavy atom. The standard InChI is InChI=1S/C23H19BrN2O6/c1-12-10-18(25-32-12)26-20(14-6-9-16(30-2)17(11-14)31-3)19(22(28)23(26)29)21(27)13-4-7-15(24)8-5-13/h4-11,20,27H,1-3H3. The Labute approximate surface area is 192 Å². The van der Waals surface area contributed by atoms with Crippen LogP contribution in [-0.2, 0) is 9.59 Å². The number of methoxy groups -OCH3 is 2. The van der Waals surface area contributed by atoms with Gasteiger partial charge in [0.2, 0.25) is 0 Å². The number of aryl methyl sites for hydroxylation is 1. The van der Waals surface area contributed by atoms with Crippen LogP contribution in [0.4, 0.5) is 5.82 Å². The van der Waals surface area contributed by atoms with Crippen LogP contribution in [0.2, 0.25) is 0 Å². The maximum Gasteiger partial charge on any atom is 0.301 e. The second kappa shape index (κ2) is 8.51. The third-order valence-corrected chi connectivity index (χ3v) is 5.68. The number of halogens is 1. The van der Waals surface area contributed by atoms with Crippen molar-refractivity contribution in [3.8, 4) is 11.5 Å². The summed E-state index contributed by atoms with van der Waals surface area (Å²) < 4.78 is 16.6. The van der Waals surface area contributed by atoms with Crippen LogP contribution in [0.25, 0.3) is 5.76 Å². The van der Waals surface area contributed by atoms with Crippen molar-refractivity contribution in [3.05, 3.63) is 75.5 Å². The van der Waals surface area contributed by atoms with Gasteiger partial charge in [0.05, 0.1) is 25.8 Å². The molecule has 1 N–H and O–H groups in total. The van der Waals surface area contributed by atoms with Crippen LogP contribution in [0.15, 0.2) is 63.1 Å². The van der Waals surface area contributed by atoms with Gasteiger partial charge in [0.15, 0.2) is 17.3 Å². The fraction of sp³-hybridized carbons (Fsp3) is 0.174. The lowest BCUT2D eigenvalue weighted by Crippen LogP contribution is -2.29. The highest BCUT2D eigenvalue weighted by Crippen LogP contribution is 2.43. The van der Waals surface area contributed by atoms with Crippen molar-refractivity contribution >= 4 is 39.2 Å². The lowest BCUT2D eigenvalue weighted by Gasteiger charge is -2.23. The summed E-state index contributed by atoms with van der Waals surface area (Å²) in [5.74, 6) is -0.407. The van der Waals surface area contributed by atoms with Crippen molar-refractivity contribution in [1.29, 1.82) is 0 Å². The van der Waals surface area contributed by atoms with Gasteiger partial charge in [-0.1, -0.05) is 39.3 Å². The summed E-state index contributed by atoms with van der Waals surface area (Å²) in [5.41, 5.74) is 0.861. The number of ketones is 1. The van der Waals surface area contributed by atoms with Gasteiger partial charge in [0.1, 0.15) is 11.5 Å². The van der Waals surface area contributed by atoms with Crippen molar-refractivity contribution in [1.82, 2.24) is 5.16 Å². The number of aliphatic hydroxyl groups excluding tert-OH is 1. The van der Waals surface area contributed by atoms with E-state index in [4.69, 9.17) is 14.0 Å². The average Bonchev–Trinajstić information content (AvgIpc) is 3.34. The van der Waals surface area contributed by atoms with E-state index < -0.39 is 17.7 Å². The van der Waals surface area contributed by atoms with Gasteiger partial charge in [-0.2, -0.15) is 0 Å². The van der Waals surface area contributed by atoms with Crippen LogP contribution < -0.4 is 14.4 Å². The molecule has 0 saturated carbocycles. The molecule has 164 valence electrons. The molecule has 0 bridgehead atoms. The number of carbonyl (C=O) groups excluding carboxylic acids is 2. The topological polar surface area (TPSA) is 102 Å². The maximum atomic E-state index is 13.1. The molecule has 1 atom stereocenters. The van der Waals surface area contributed by atoms with Crippen molar-refractivity contribution in [2.24, 2.45) is 0 Å². The van der Waals surface area contributed by atoms with Gasteiger partial charge in [0, 0.05) is 16.1 Å². The molecule has 32 heavy (non-hydrogen) atoms. The van der Waals surface area contributed by atoms with Crippen molar-refractivity contribution in [2.75, 3.05) is 19.1 Å². The molecule has 2 heterocycles. The van der Waals surface area contributed by atoms with E-state index in [0.29, 0.717) is 28.4 Å². The lowest BCUT2D eigenvalue weighted by atomic mass is 9.95. The minimum absolute atomic E-state index is 0.0646. The summed E-state index contributed by atoms with van der Waals surface area (Å²) in [4.78, 5) is 27.4. The number of aromatic nitrogens is 1. The van der Waals surface area contributed by atoms with E-state index in [9.17, 15) is 14.7 Å². The third kappa shape index (κ3) is 3.64. The summed E-state index contributed by atoms with van der Waals surface area (Å²) in [7, 11) is 3.00. The zero-order valence-corrected chi connectivity index (χ0v) is 19.0. The SMILES string of the molecule is COc1ccc(C2C(=C(O)c3ccc(Br)cc3)C(=O)C(=O)N2c2cc(C)on2)cc1OC. The number of hydrogen-bond donors (Lipinski definition) is 1. The van der Waals surface area contributed by atoms with Gasteiger partial charge >= 0.3 is 5.91 Å². The Kier molecular flexibility index (Phi) is 5.75. The zero-order valence-electron chi connectivity index (χ0n) is 17.5. The second-order valence-corrected chi connectivity index (χ2v) is 8.00. The highest BCUT2D eigenvalue weighted by Gasteiger charge is 2.48. The fourth-order valence-corrected chi connectivity index (χ4v) is 3.90. The summed E-state index contributed by atoms with van der Waals surface area (Å²) in [6.45, 7) is 1.68. The summed E-state index contributed by atoms with van der Waals surface area (Å²) >= 11 is 3.35. The molecule has 1 saturated heterocycles. The number of Topliss-reactive ketones (excluding diaryl/α,β-unsaturated/α-hetero) is 1. The van der Waals surface area contributed by atoms with E-state index in [0.717, 1.165) is 4.47 Å². The van der Waals surface area contributed by atoms with Crippen molar-refractivity contribution < 1.29 is 28.7 Å². The number of amides is 1. The Balaban J connectivity index is 1.95. The van der Waals surface area contributed by atoms with E-state index in [-0.39, 0.29) is 17.2 Å². The average molecular weight is 499 g/mol. The first-order chi connectivity index (χ1) is 15.3. The third-order valence-electron chi connectivity index (χ3n) is 5.15. The molecule has 3 aromatic rings. The number of anilines is 1. The summed E-state index contributed by atoms with van der Waals surface area (Å²) in [6, 6.07) is 12.4. The number of nitrogens with zero attached hydrogens (tertiary/aromatic N) is 2. The Morgan fingerprint density at radius 1 is 1.06 bits per heavy atom. The molecule has 1 aliphatic heterocycles. The summed E-state index contributed by atoms with van der Waals surface area (Å²) in [6.07, 6.45) is 0. The van der Waals surface area contributed by atoms with Crippen LogP contribution in [0.3, 0.4) is 0 Å². The molecule has 0 aliphatic carbocycles. The summed E-state index contributed by atoms with van der Waals surface area (Å²) in [5, 5.41) is 15.0. The number of rotatable bonds is 5. The molecular weight excluding hydrogens is 480 g/mol. The van der Waals surface area contributed by atoms with Crippen LogP contribution in [0, 0.1) is 6.92 Å².